The highest BCUT2D eigenvalue weighted by Gasteiger charge is 2.32. The van der Waals surface area contributed by atoms with Crippen LogP contribution in [0.15, 0.2) is 6.07 Å². The van der Waals surface area contributed by atoms with Crippen molar-refractivity contribution < 1.29 is 8.42 Å². The molecule has 124 valence electrons. The molecule has 0 aliphatic carbocycles. The molecule has 0 saturated carbocycles. The molecule has 1 aromatic heterocycles. The largest absolute Gasteiger partial charge is 0.353 e. The zero-order valence-electron chi connectivity index (χ0n) is 13.8. The van der Waals surface area contributed by atoms with Crippen LogP contribution in [0, 0.1) is 6.92 Å². The Hall–Kier alpha value is -1.37. The van der Waals surface area contributed by atoms with Crippen LogP contribution in [-0.4, -0.2) is 48.5 Å². The molecule has 0 radical (unpaired) electrons. The molecule has 0 spiro atoms. The van der Waals surface area contributed by atoms with Crippen molar-refractivity contribution in [2.45, 2.75) is 52.6 Å². The van der Waals surface area contributed by atoms with Gasteiger partial charge in [0.2, 0.25) is 5.95 Å². The van der Waals surface area contributed by atoms with Crippen molar-refractivity contribution in [2.24, 2.45) is 0 Å². The summed E-state index contributed by atoms with van der Waals surface area (Å²) in [6.07, 6.45) is 1.67. The molecule has 2 rings (SSSR count). The summed E-state index contributed by atoms with van der Waals surface area (Å²) in [6, 6.07) is 2.24. The summed E-state index contributed by atoms with van der Waals surface area (Å²) in [5.41, 5.74) is 0.884. The predicted octanol–water partition coefficient (Wildman–Crippen LogP) is 2.01. The highest BCUT2D eigenvalue weighted by molar-refractivity contribution is 7.91. The van der Waals surface area contributed by atoms with Gasteiger partial charge in [-0.1, -0.05) is 6.92 Å². The lowest BCUT2D eigenvalue weighted by Gasteiger charge is -2.28. The minimum absolute atomic E-state index is 0.0146. The summed E-state index contributed by atoms with van der Waals surface area (Å²) in [6.45, 7) is 8.90. The molecule has 0 aromatic carbocycles. The lowest BCUT2D eigenvalue weighted by molar-refractivity contribution is 0.599. The van der Waals surface area contributed by atoms with Gasteiger partial charge in [-0.2, -0.15) is 4.98 Å². The second-order valence-corrected chi connectivity index (χ2v) is 8.22. The van der Waals surface area contributed by atoms with Gasteiger partial charge in [-0.3, -0.25) is 0 Å². The van der Waals surface area contributed by atoms with Crippen LogP contribution < -0.4 is 10.2 Å². The van der Waals surface area contributed by atoms with E-state index in [1.54, 1.807) is 0 Å². The van der Waals surface area contributed by atoms with Crippen LogP contribution in [0.4, 0.5) is 11.8 Å². The van der Waals surface area contributed by atoms with Crippen molar-refractivity contribution in [1.82, 2.24) is 9.97 Å². The van der Waals surface area contributed by atoms with E-state index >= 15 is 0 Å². The van der Waals surface area contributed by atoms with Crippen molar-refractivity contribution in [1.29, 1.82) is 0 Å². The first kappa shape index (κ1) is 17.0. The standard InChI is InChI=1S/C15H26N4O2S/c1-5-11(3)16-15-17-12(4)9-14(18-15)19(6-2)13-7-8-22(20,21)10-13/h9,11,13H,5-8,10H2,1-4H3,(H,16,17,18). The molecule has 7 heteroatoms. The van der Waals surface area contributed by atoms with E-state index in [0.29, 0.717) is 18.4 Å². The highest BCUT2D eigenvalue weighted by Crippen LogP contribution is 2.24. The first-order valence-electron chi connectivity index (χ1n) is 7.94. The predicted molar refractivity (Wildman–Crippen MR) is 90.2 cm³/mol. The Kier molecular flexibility index (Phi) is 5.26. The Morgan fingerprint density at radius 2 is 2.14 bits per heavy atom. The summed E-state index contributed by atoms with van der Waals surface area (Å²) < 4.78 is 23.5. The van der Waals surface area contributed by atoms with Crippen LogP contribution in [-0.2, 0) is 9.84 Å². The summed E-state index contributed by atoms with van der Waals surface area (Å²) in [4.78, 5) is 11.1. The van der Waals surface area contributed by atoms with Crippen molar-refractivity contribution in [3.63, 3.8) is 0 Å². The number of hydrogen-bond donors (Lipinski definition) is 1. The molecule has 1 aromatic rings. The van der Waals surface area contributed by atoms with Crippen LogP contribution in [0.1, 0.15) is 39.3 Å². The molecule has 1 aliphatic heterocycles. The number of rotatable bonds is 6. The van der Waals surface area contributed by atoms with Crippen LogP contribution in [0.25, 0.3) is 0 Å². The zero-order valence-corrected chi connectivity index (χ0v) is 14.7. The van der Waals surface area contributed by atoms with Crippen molar-refractivity contribution in [2.75, 3.05) is 28.3 Å². The fourth-order valence-electron chi connectivity index (χ4n) is 2.71. The lowest BCUT2D eigenvalue weighted by atomic mass is 10.2. The molecule has 1 aliphatic rings. The quantitative estimate of drug-likeness (QED) is 0.862. The molecular formula is C15H26N4O2S. The maximum Gasteiger partial charge on any atom is 0.225 e. The summed E-state index contributed by atoms with van der Waals surface area (Å²) in [5.74, 6) is 1.92. The third kappa shape index (κ3) is 4.09. The number of hydrogen-bond acceptors (Lipinski definition) is 6. The Morgan fingerprint density at radius 3 is 2.68 bits per heavy atom. The van der Waals surface area contributed by atoms with E-state index < -0.39 is 9.84 Å². The molecular weight excluding hydrogens is 300 g/mol. The first-order valence-corrected chi connectivity index (χ1v) is 9.76. The lowest BCUT2D eigenvalue weighted by Crippen LogP contribution is -2.37. The number of nitrogens with zero attached hydrogens (tertiary/aromatic N) is 3. The van der Waals surface area contributed by atoms with Gasteiger partial charge < -0.3 is 10.2 Å². The van der Waals surface area contributed by atoms with Crippen molar-refractivity contribution >= 4 is 21.6 Å². The van der Waals surface area contributed by atoms with Gasteiger partial charge in [-0.15, -0.1) is 0 Å². The average Bonchev–Trinajstić information content (AvgIpc) is 2.79. The van der Waals surface area contributed by atoms with E-state index in [2.05, 4.69) is 34.0 Å². The second kappa shape index (κ2) is 6.81. The van der Waals surface area contributed by atoms with Crippen molar-refractivity contribution in [3.05, 3.63) is 11.8 Å². The molecule has 6 nitrogen and oxygen atoms in total. The molecule has 1 saturated heterocycles. The Labute approximate surface area is 133 Å². The summed E-state index contributed by atoms with van der Waals surface area (Å²) >= 11 is 0. The van der Waals surface area contributed by atoms with Gasteiger partial charge in [-0.25, -0.2) is 13.4 Å². The Morgan fingerprint density at radius 1 is 1.41 bits per heavy atom. The van der Waals surface area contributed by atoms with E-state index in [4.69, 9.17) is 0 Å². The molecule has 1 N–H and O–H groups in total. The summed E-state index contributed by atoms with van der Waals surface area (Å²) in [5, 5.41) is 3.29. The molecule has 0 amide bonds. The molecule has 0 bridgehead atoms. The van der Waals surface area contributed by atoms with Crippen LogP contribution in [0.3, 0.4) is 0 Å². The zero-order chi connectivity index (χ0) is 16.3. The minimum Gasteiger partial charge on any atom is -0.353 e. The SMILES string of the molecule is CCC(C)Nc1nc(C)cc(N(CC)C2CCS(=O)(=O)C2)n1. The molecule has 1 fully saturated rings. The number of nitrogens with one attached hydrogen (secondary N) is 1. The number of sulfone groups is 1. The van der Waals surface area contributed by atoms with E-state index in [9.17, 15) is 8.42 Å². The fraction of sp³-hybridized carbons (Fsp3) is 0.733. The maximum atomic E-state index is 11.7. The van der Waals surface area contributed by atoms with Gasteiger partial charge in [0, 0.05) is 30.4 Å². The van der Waals surface area contributed by atoms with Crippen LogP contribution in [0.5, 0.6) is 0 Å². The first-order chi connectivity index (χ1) is 10.3. The number of aryl methyl sites for hydroxylation is 1. The van der Waals surface area contributed by atoms with E-state index in [1.807, 2.05) is 19.9 Å². The molecule has 22 heavy (non-hydrogen) atoms. The van der Waals surface area contributed by atoms with Gasteiger partial charge in [0.05, 0.1) is 11.5 Å². The van der Waals surface area contributed by atoms with Gasteiger partial charge in [0.15, 0.2) is 9.84 Å². The third-order valence-corrected chi connectivity index (χ3v) is 5.86. The number of anilines is 2. The monoisotopic (exact) mass is 326 g/mol. The van der Waals surface area contributed by atoms with Gasteiger partial charge in [0.25, 0.3) is 0 Å². The van der Waals surface area contributed by atoms with Crippen LogP contribution in [0.2, 0.25) is 0 Å². The summed E-state index contributed by atoms with van der Waals surface area (Å²) in [7, 11) is -2.90. The average molecular weight is 326 g/mol. The van der Waals surface area contributed by atoms with E-state index in [-0.39, 0.29) is 17.5 Å². The minimum atomic E-state index is -2.90. The highest BCUT2D eigenvalue weighted by atomic mass is 32.2. The molecule has 2 atom stereocenters. The van der Waals surface area contributed by atoms with E-state index in [1.165, 1.54) is 0 Å². The van der Waals surface area contributed by atoms with E-state index in [0.717, 1.165) is 24.5 Å². The number of aromatic nitrogens is 2. The Balaban J connectivity index is 2.25. The molecule has 2 unspecified atom stereocenters. The smallest absolute Gasteiger partial charge is 0.225 e. The fourth-order valence-corrected chi connectivity index (χ4v) is 4.45. The van der Waals surface area contributed by atoms with Gasteiger partial charge >= 0.3 is 0 Å². The van der Waals surface area contributed by atoms with Crippen LogP contribution >= 0.6 is 0 Å². The topological polar surface area (TPSA) is 75.2 Å². The maximum absolute atomic E-state index is 11.7. The normalized spacial score (nSPS) is 21.5. The Bertz CT molecular complexity index is 618. The third-order valence-electron chi connectivity index (χ3n) is 4.11. The second-order valence-electron chi connectivity index (χ2n) is 5.99. The molecule has 2 heterocycles. The van der Waals surface area contributed by atoms with Crippen molar-refractivity contribution in [3.8, 4) is 0 Å². The van der Waals surface area contributed by atoms with Gasteiger partial charge in [-0.05, 0) is 33.6 Å². The van der Waals surface area contributed by atoms with Gasteiger partial charge in [0.1, 0.15) is 5.82 Å².